The van der Waals surface area contributed by atoms with Crippen LogP contribution < -0.4 is 0 Å². The SMILES string of the molecule is CSc1nc(Cl)c(C(=O)c2ccccc2)c(Cl)n1. The molecule has 3 nitrogen and oxygen atoms in total. The second-order valence-electron chi connectivity index (χ2n) is 3.36. The van der Waals surface area contributed by atoms with Gasteiger partial charge >= 0.3 is 0 Å². The second kappa shape index (κ2) is 5.69. The Kier molecular flexibility index (Phi) is 4.22. The fourth-order valence-corrected chi connectivity index (χ4v) is 2.43. The van der Waals surface area contributed by atoms with Crippen molar-refractivity contribution in [3.63, 3.8) is 0 Å². The van der Waals surface area contributed by atoms with Gasteiger partial charge < -0.3 is 0 Å². The van der Waals surface area contributed by atoms with Crippen LogP contribution in [0.5, 0.6) is 0 Å². The fourth-order valence-electron chi connectivity index (χ4n) is 1.40. The molecule has 0 aliphatic carbocycles. The van der Waals surface area contributed by atoms with Gasteiger partial charge in [-0.05, 0) is 6.26 Å². The van der Waals surface area contributed by atoms with Crippen molar-refractivity contribution in [2.45, 2.75) is 5.16 Å². The molecule has 2 aromatic rings. The van der Waals surface area contributed by atoms with Crippen LogP contribution in [-0.2, 0) is 0 Å². The number of aromatic nitrogens is 2. The van der Waals surface area contributed by atoms with Gasteiger partial charge in [0.1, 0.15) is 10.3 Å². The van der Waals surface area contributed by atoms with Gasteiger partial charge in [-0.15, -0.1) is 0 Å². The Hall–Kier alpha value is -1.10. The van der Waals surface area contributed by atoms with E-state index in [0.717, 1.165) is 0 Å². The van der Waals surface area contributed by atoms with Crippen molar-refractivity contribution >= 4 is 40.7 Å². The number of benzene rings is 1. The molecule has 0 bridgehead atoms. The van der Waals surface area contributed by atoms with Crippen molar-refractivity contribution < 1.29 is 4.79 Å². The molecule has 18 heavy (non-hydrogen) atoms. The van der Waals surface area contributed by atoms with Crippen molar-refractivity contribution in [3.8, 4) is 0 Å². The Morgan fingerprint density at radius 3 is 2.17 bits per heavy atom. The highest BCUT2D eigenvalue weighted by molar-refractivity contribution is 7.98. The molecule has 92 valence electrons. The lowest BCUT2D eigenvalue weighted by atomic mass is 10.1. The molecule has 0 aliphatic heterocycles. The summed E-state index contributed by atoms with van der Waals surface area (Å²) in [5.74, 6) is -0.279. The van der Waals surface area contributed by atoms with Gasteiger partial charge in [0.2, 0.25) is 0 Å². The Balaban J connectivity index is 2.49. The van der Waals surface area contributed by atoms with E-state index in [0.29, 0.717) is 10.7 Å². The molecule has 0 unspecified atom stereocenters. The molecular formula is C12H8Cl2N2OS. The van der Waals surface area contributed by atoms with Gasteiger partial charge in [0.25, 0.3) is 0 Å². The lowest BCUT2D eigenvalue weighted by molar-refractivity contribution is 0.103. The summed E-state index contributed by atoms with van der Waals surface area (Å²) >= 11 is 13.3. The Morgan fingerprint density at radius 1 is 1.11 bits per heavy atom. The van der Waals surface area contributed by atoms with Crippen LogP contribution in [0.2, 0.25) is 10.3 Å². The quantitative estimate of drug-likeness (QED) is 0.375. The molecule has 0 fully saturated rings. The van der Waals surface area contributed by atoms with Crippen molar-refractivity contribution in [2.75, 3.05) is 6.26 Å². The molecule has 1 aromatic heterocycles. The standard InChI is InChI=1S/C12H8Cl2N2OS/c1-18-12-15-10(13)8(11(14)16-12)9(17)7-5-3-2-4-6-7/h2-6H,1H3. The summed E-state index contributed by atoms with van der Waals surface area (Å²) in [5.41, 5.74) is 0.643. The van der Waals surface area contributed by atoms with Gasteiger partial charge in [0, 0.05) is 5.56 Å². The number of thioether (sulfide) groups is 1. The minimum atomic E-state index is -0.279. The third-order valence-electron chi connectivity index (χ3n) is 2.25. The molecule has 0 saturated carbocycles. The Bertz CT molecular complexity index is 567. The first kappa shape index (κ1) is 13.3. The van der Waals surface area contributed by atoms with E-state index in [1.54, 1.807) is 30.5 Å². The number of carbonyl (C=O) groups is 1. The maximum absolute atomic E-state index is 12.2. The maximum atomic E-state index is 12.2. The number of hydrogen-bond acceptors (Lipinski definition) is 4. The molecule has 2 rings (SSSR count). The van der Waals surface area contributed by atoms with Crippen molar-refractivity contribution in [1.82, 2.24) is 9.97 Å². The van der Waals surface area contributed by atoms with Crippen LogP contribution in [0.3, 0.4) is 0 Å². The van der Waals surface area contributed by atoms with Crippen LogP contribution >= 0.6 is 35.0 Å². The Morgan fingerprint density at radius 2 is 1.67 bits per heavy atom. The van der Waals surface area contributed by atoms with Crippen molar-refractivity contribution in [3.05, 3.63) is 51.8 Å². The summed E-state index contributed by atoms with van der Waals surface area (Å²) < 4.78 is 0. The molecule has 0 atom stereocenters. The van der Waals surface area contributed by atoms with Gasteiger partial charge in [-0.3, -0.25) is 4.79 Å². The van der Waals surface area contributed by atoms with Gasteiger partial charge in [-0.2, -0.15) is 0 Å². The lowest BCUT2D eigenvalue weighted by Gasteiger charge is -2.06. The minimum Gasteiger partial charge on any atom is -0.288 e. The average Bonchev–Trinajstić information content (AvgIpc) is 2.38. The molecule has 0 aliphatic rings. The van der Waals surface area contributed by atoms with Crippen LogP contribution in [0.25, 0.3) is 0 Å². The van der Waals surface area contributed by atoms with E-state index >= 15 is 0 Å². The number of carbonyl (C=O) groups excluding carboxylic acids is 1. The van der Waals surface area contributed by atoms with E-state index in [1.165, 1.54) is 11.8 Å². The first-order valence-corrected chi connectivity index (χ1v) is 6.98. The third-order valence-corrected chi connectivity index (χ3v) is 3.34. The molecule has 0 saturated heterocycles. The highest BCUT2D eigenvalue weighted by atomic mass is 35.5. The van der Waals surface area contributed by atoms with E-state index in [2.05, 4.69) is 9.97 Å². The van der Waals surface area contributed by atoms with E-state index < -0.39 is 0 Å². The van der Waals surface area contributed by atoms with E-state index in [9.17, 15) is 4.79 Å². The summed E-state index contributed by atoms with van der Waals surface area (Å²) in [4.78, 5) is 20.3. The van der Waals surface area contributed by atoms with Crippen LogP contribution in [-0.4, -0.2) is 22.0 Å². The highest BCUT2D eigenvalue weighted by Gasteiger charge is 2.19. The van der Waals surface area contributed by atoms with Gasteiger partial charge in [-0.1, -0.05) is 65.3 Å². The molecule has 0 amide bonds. The van der Waals surface area contributed by atoms with Crippen LogP contribution in [0.1, 0.15) is 15.9 Å². The first-order valence-electron chi connectivity index (χ1n) is 5.00. The van der Waals surface area contributed by atoms with Gasteiger partial charge in [0.05, 0.1) is 5.56 Å². The van der Waals surface area contributed by atoms with E-state index in [4.69, 9.17) is 23.2 Å². The zero-order chi connectivity index (χ0) is 13.1. The molecule has 0 radical (unpaired) electrons. The van der Waals surface area contributed by atoms with Crippen LogP contribution in [0.15, 0.2) is 35.5 Å². The average molecular weight is 299 g/mol. The number of halogens is 2. The largest absolute Gasteiger partial charge is 0.288 e. The number of nitrogens with zero attached hydrogens (tertiary/aromatic N) is 2. The molecular weight excluding hydrogens is 291 g/mol. The highest BCUT2D eigenvalue weighted by Crippen LogP contribution is 2.26. The topological polar surface area (TPSA) is 42.9 Å². The molecule has 6 heteroatoms. The summed E-state index contributed by atoms with van der Waals surface area (Å²) in [5, 5.41) is 0.594. The van der Waals surface area contributed by atoms with Crippen molar-refractivity contribution in [2.24, 2.45) is 0 Å². The predicted molar refractivity (Wildman–Crippen MR) is 73.7 cm³/mol. The molecule has 1 heterocycles. The number of hydrogen-bond donors (Lipinski definition) is 0. The normalized spacial score (nSPS) is 10.4. The smallest absolute Gasteiger partial charge is 0.199 e. The zero-order valence-electron chi connectivity index (χ0n) is 9.35. The van der Waals surface area contributed by atoms with Gasteiger partial charge in [0.15, 0.2) is 10.9 Å². The minimum absolute atomic E-state index is 0.0770. The fraction of sp³-hybridized carbons (Fsp3) is 0.0833. The number of rotatable bonds is 3. The first-order chi connectivity index (χ1) is 8.63. The summed E-state index contributed by atoms with van der Waals surface area (Å²) in [6, 6.07) is 8.75. The summed E-state index contributed by atoms with van der Waals surface area (Å²) in [6.07, 6.45) is 1.81. The lowest BCUT2D eigenvalue weighted by Crippen LogP contribution is -2.06. The summed E-state index contributed by atoms with van der Waals surface area (Å²) in [6.45, 7) is 0. The summed E-state index contributed by atoms with van der Waals surface area (Å²) in [7, 11) is 0. The maximum Gasteiger partial charge on any atom is 0.199 e. The molecule has 0 spiro atoms. The van der Waals surface area contributed by atoms with E-state index in [-0.39, 0.29) is 21.7 Å². The number of ketones is 1. The van der Waals surface area contributed by atoms with Gasteiger partial charge in [-0.25, -0.2) is 9.97 Å². The van der Waals surface area contributed by atoms with Crippen LogP contribution in [0.4, 0.5) is 0 Å². The molecule has 1 aromatic carbocycles. The van der Waals surface area contributed by atoms with Crippen molar-refractivity contribution in [1.29, 1.82) is 0 Å². The van der Waals surface area contributed by atoms with Crippen LogP contribution in [0, 0.1) is 0 Å². The Labute approximate surface area is 119 Å². The monoisotopic (exact) mass is 298 g/mol. The second-order valence-corrected chi connectivity index (χ2v) is 4.85. The van der Waals surface area contributed by atoms with E-state index in [1.807, 2.05) is 6.07 Å². The predicted octanol–water partition coefficient (Wildman–Crippen LogP) is 3.74. The third kappa shape index (κ3) is 2.66. The zero-order valence-corrected chi connectivity index (χ0v) is 11.7. The molecule has 0 N–H and O–H groups in total.